The Morgan fingerprint density at radius 1 is 1.35 bits per heavy atom. The minimum atomic E-state index is -0.911. The maximum Gasteiger partial charge on any atom is 0.270 e. The summed E-state index contributed by atoms with van der Waals surface area (Å²) in [7, 11) is 0. The van der Waals surface area contributed by atoms with Gasteiger partial charge < -0.3 is 5.32 Å². The van der Waals surface area contributed by atoms with E-state index in [9.17, 15) is 24.1 Å². The molecule has 102 valence electrons. The Morgan fingerprint density at radius 3 is 2.70 bits per heavy atom. The summed E-state index contributed by atoms with van der Waals surface area (Å²) < 4.78 is 13.5. The van der Waals surface area contributed by atoms with Gasteiger partial charge in [-0.25, -0.2) is 9.49 Å². The number of anilines is 1. The number of carbonyl (C=O) groups is 1. The van der Waals surface area contributed by atoms with Crippen LogP contribution >= 0.6 is 0 Å². The highest BCUT2D eigenvalue weighted by molar-refractivity contribution is 6.04. The van der Waals surface area contributed by atoms with Crippen LogP contribution in [0.5, 0.6) is 0 Å². The van der Waals surface area contributed by atoms with Crippen LogP contribution in [0.2, 0.25) is 0 Å². The van der Waals surface area contributed by atoms with E-state index >= 15 is 0 Å². The Kier molecular flexibility index (Phi) is 3.51. The first-order valence-electron chi connectivity index (χ1n) is 5.28. The van der Waals surface area contributed by atoms with E-state index in [0.717, 1.165) is 24.3 Å². The van der Waals surface area contributed by atoms with Gasteiger partial charge in [-0.05, 0) is 12.1 Å². The van der Waals surface area contributed by atoms with Crippen molar-refractivity contribution in [3.63, 3.8) is 0 Å². The van der Waals surface area contributed by atoms with E-state index < -0.39 is 33.5 Å². The first-order valence-corrected chi connectivity index (χ1v) is 5.28. The number of amides is 1. The molecule has 20 heavy (non-hydrogen) atoms. The Bertz CT molecular complexity index is 723. The normalized spacial score (nSPS) is 10.1. The minimum absolute atomic E-state index is 0.0134. The molecule has 0 aliphatic rings. The number of aromatic amines is 1. The van der Waals surface area contributed by atoms with Crippen LogP contribution in [0.3, 0.4) is 0 Å². The average molecular weight is 278 g/mol. The van der Waals surface area contributed by atoms with Gasteiger partial charge in [0.25, 0.3) is 17.2 Å². The lowest BCUT2D eigenvalue weighted by atomic mass is 10.1. The lowest BCUT2D eigenvalue weighted by Gasteiger charge is -2.04. The Hall–Kier alpha value is -3.10. The molecule has 0 fully saturated rings. The number of hydrogen-bond acceptors (Lipinski definition) is 5. The molecule has 1 heterocycles. The molecule has 0 aliphatic heterocycles. The lowest BCUT2D eigenvalue weighted by molar-refractivity contribution is -0.384. The maximum absolute atomic E-state index is 13.5. The van der Waals surface area contributed by atoms with Crippen LogP contribution in [-0.4, -0.2) is 21.0 Å². The fourth-order valence-corrected chi connectivity index (χ4v) is 1.40. The van der Waals surface area contributed by atoms with E-state index in [-0.39, 0.29) is 5.82 Å². The van der Waals surface area contributed by atoms with Crippen molar-refractivity contribution in [2.45, 2.75) is 0 Å². The molecule has 1 aromatic heterocycles. The van der Waals surface area contributed by atoms with Crippen LogP contribution in [0.25, 0.3) is 0 Å². The van der Waals surface area contributed by atoms with E-state index in [1.54, 1.807) is 0 Å². The van der Waals surface area contributed by atoms with E-state index in [1.807, 2.05) is 0 Å². The van der Waals surface area contributed by atoms with Gasteiger partial charge in [0.05, 0.1) is 10.5 Å². The van der Waals surface area contributed by atoms with Crippen molar-refractivity contribution in [2.75, 3.05) is 5.32 Å². The highest BCUT2D eigenvalue weighted by Crippen LogP contribution is 2.17. The zero-order valence-corrected chi connectivity index (χ0v) is 9.79. The minimum Gasteiger partial charge on any atom is -0.305 e. The summed E-state index contributed by atoms with van der Waals surface area (Å²) in [5.74, 6) is -1.83. The van der Waals surface area contributed by atoms with Gasteiger partial charge in [0.2, 0.25) is 0 Å². The molecule has 2 aromatic rings. The molecule has 1 amide bonds. The number of nitrogens with one attached hydrogen (secondary N) is 2. The summed E-state index contributed by atoms with van der Waals surface area (Å²) in [6.45, 7) is 0. The van der Waals surface area contributed by atoms with Gasteiger partial charge in [-0.1, -0.05) is 0 Å². The fraction of sp³-hybridized carbons (Fsp3) is 0. The van der Waals surface area contributed by atoms with Gasteiger partial charge in [-0.15, -0.1) is 0 Å². The average Bonchev–Trinajstić information content (AvgIpc) is 2.41. The molecule has 0 saturated heterocycles. The summed E-state index contributed by atoms with van der Waals surface area (Å²) in [6.07, 6.45) is 0. The van der Waals surface area contributed by atoms with Gasteiger partial charge in [0.15, 0.2) is 5.82 Å². The zero-order valence-electron chi connectivity index (χ0n) is 9.79. The SMILES string of the molecule is O=C(Nc1ccc(=O)[nH]n1)c1cc([N+](=O)[O-])ccc1F. The smallest absolute Gasteiger partial charge is 0.270 e. The van der Waals surface area contributed by atoms with Gasteiger partial charge in [-0.2, -0.15) is 5.10 Å². The molecule has 0 saturated carbocycles. The molecule has 0 unspecified atom stereocenters. The summed E-state index contributed by atoms with van der Waals surface area (Å²) in [6, 6.07) is 4.92. The largest absolute Gasteiger partial charge is 0.305 e. The first kappa shape index (κ1) is 13.3. The molecule has 0 aliphatic carbocycles. The number of halogens is 1. The van der Waals surface area contributed by atoms with Crippen LogP contribution in [0.4, 0.5) is 15.9 Å². The topological polar surface area (TPSA) is 118 Å². The monoisotopic (exact) mass is 278 g/mol. The second kappa shape index (κ2) is 5.26. The third-order valence-corrected chi connectivity index (χ3v) is 2.33. The van der Waals surface area contributed by atoms with Gasteiger partial charge in [-0.3, -0.25) is 19.7 Å². The molecular weight excluding hydrogens is 271 g/mol. The van der Waals surface area contributed by atoms with Crippen molar-refractivity contribution in [1.29, 1.82) is 0 Å². The van der Waals surface area contributed by atoms with Crippen molar-refractivity contribution in [3.05, 3.63) is 62.2 Å². The second-order valence-electron chi connectivity index (χ2n) is 3.68. The molecule has 8 nitrogen and oxygen atoms in total. The summed E-state index contributed by atoms with van der Waals surface area (Å²) in [4.78, 5) is 32.4. The third kappa shape index (κ3) is 2.83. The molecule has 0 radical (unpaired) electrons. The number of nitro benzene ring substituents is 1. The predicted molar refractivity (Wildman–Crippen MR) is 65.9 cm³/mol. The number of hydrogen-bond donors (Lipinski definition) is 2. The highest BCUT2D eigenvalue weighted by atomic mass is 19.1. The second-order valence-corrected chi connectivity index (χ2v) is 3.68. The van der Waals surface area contributed by atoms with E-state index in [1.165, 1.54) is 6.07 Å². The zero-order chi connectivity index (χ0) is 14.7. The number of benzene rings is 1. The van der Waals surface area contributed by atoms with Crippen molar-refractivity contribution in [2.24, 2.45) is 0 Å². The quantitative estimate of drug-likeness (QED) is 0.643. The number of rotatable bonds is 3. The first-order chi connectivity index (χ1) is 9.47. The van der Waals surface area contributed by atoms with Gasteiger partial charge in [0.1, 0.15) is 5.82 Å². The van der Waals surface area contributed by atoms with Crippen molar-refractivity contribution in [1.82, 2.24) is 10.2 Å². The number of carbonyl (C=O) groups excluding carboxylic acids is 1. The standard InChI is InChI=1S/C11H7FN4O4/c12-8-2-1-6(16(19)20)5-7(8)11(18)13-9-3-4-10(17)15-14-9/h1-5H,(H,15,17)(H,13,14,18). The third-order valence-electron chi connectivity index (χ3n) is 2.33. The summed E-state index contributed by atoms with van der Waals surface area (Å²) >= 11 is 0. The van der Waals surface area contributed by atoms with E-state index in [2.05, 4.69) is 15.5 Å². The number of aromatic nitrogens is 2. The molecule has 9 heteroatoms. The molecule has 2 rings (SSSR count). The van der Waals surface area contributed by atoms with Crippen molar-refractivity contribution >= 4 is 17.4 Å². The fourth-order valence-electron chi connectivity index (χ4n) is 1.40. The lowest BCUT2D eigenvalue weighted by Crippen LogP contribution is -2.17. The number of nitrogens with zero attached hydrogens (tertiary/aromatic N) is 2. The van der Waals surface area contributed by atoms with E-state index in [0.29, 0.717) is 0 Å². The van der Waals surface area contributed by atoms with E-state index in [4.69, 9.17) is 0 Å². The molecule has 0 bridgehead atoms. The van der Waals surface area contributed by atoms with Gasteiger partial charge >= 0.3 is 0 Å². The maximum atomic E-state index is 13.5. The van der Waals surface area contributed by atoms with Crippen LogP contribution in [0, 0.1) is 15.9 Å². The van der Waals surface area contributed by atoms with Crippen molar-refractivity contribution in [3.8, 4) is 0 Å². The Labute approximate surface area is 110 Å². The van der Waals surface area contributed by atoms with Crippen molar-refractivity contribution < 1.29 is 14.1 Å². The molecule has 1 aromatic carbocycles. The van der Waals surface area contributed by atoms with Crippen LogP contribution in [0.1, 0.15) is 10.4 Å². The predicted octanol–water partition coefficient (Wildman–Crippen LogP) is 1.07. The Morgan fingerprint density at radius 2 is 2.10 bits per heavy atom. The van der Waals surface area contributed by atoms with Crippen LogP contribution in [-0.2, 0) is 0 Å². The molecule has 0 spiro atoms. The van der Waals surface area contributed by atoms with Crippen LogP contribution in [0.15, 0.2) is 35.1 Å². The van der Waals surface area contributed by atoms with Gasteiger partial charge in [0, 0.05) is 18.2 Å². The summed E-state index contributed by atoms with van der Waals surface area (Å²) in [5, 5.41) is 18.4. The molecular formula is C11H7FN4O4. The summed E-state index contributed by atoms with van der Waals surface area (Å²) in [5.41, 5.74) is -1.37. The number of nitro groups is 1. The van der Waals surface area contributed by atoms with Crippen LogP contribution < -0.4 is 10.9 Å². The Balaban J connectivity index is 2.28. The molecule has 2 N–H and O–H groups in total. The molecule has 0 atom stereocenters. The number of H-pyrrole nitrogens is 1. The highest BCUT2D eigenvalue weighted by Gasteiger charge is 2.17. The number of non-ortho nitro benzene ring substituents is 1.